The topological polar surface area (TPSA) is 29.9 Å². The molecule has 0 bridgehead atoms. The molecule has 18 heavy (non-hydrogen) atoms. The molecule has 3 nitrogen and oxygen atoms in total. The van der Waals surface area contributed by atoms with Gasteiger partial charge >= 0.3 is 0 Å². The van der Waals surface area contributed by atoms with Crippen LogP contribution in [0.3, 0.4) is 0 Å². The fourth-order valence-corrected chi connectivity index (χ4v) is 2.41. The van der Waals surface area contributed by atoms with Crippen LogP contribution >= 0.6 is 27.5 Å². The minimum Gasteiger partial charge on any atom is -0.319 e. The molecule has 1 N–H and O–H groups in total. The van der Waals surface area contributed by atoms with Crippen molar-refractivity contribution in [3.63, 3.8) is 0 Å². The van der Waals surface area contributed by atoms with E-state index >= 15 is 0 Å². The van der Waals surface area contributed by atoms with Crippen molar-refractivity contribution in [1.29, 1.82) is 0 Å². The zero-order valence-corrected chi connectivity index (χ0v) is 12.7. The number of rotatable bonds is 4. The first-order valence-corrected chi connectivity index (χ1v) is 6.94. The summed E-state index contributed by atoms with van der Waals surface area (Å²) in [6, 6.07) is 5.84. The van der Waals surface area contributed by atoms with E-state index in [2.05, 4.69) is 26.3 Å². The monoisotopic (exact) mass is 327 g/mol. The lowest BCUT2D eigenvalue weighted by atomic mass is 10.2. The highest BCUT2D eigenvalue weighted by Gasteiger charge is 2.10. The molecule has 2 rings (SSSR count). The molecule has 0 aliphatic heterocycles. The number of hydrogen-bond donors (Lipinski definition) is 1. The highest BCUT2D eigenvalue weighted by Crippen LogP contribution is 2.24. The third kappa shape index (κ3) is 2.76. The Morgan fingerprint density at radius 2 is 2.22 bits per heavy atom. The standard InChI is InChI=1S/C13H15BrClN3/c1-9-11(15)4-3-5-13(9)18-8-10(14)12(17-18)6-7-16-2/h3-5,8,16H,6-7H2,1-2H3. The van der Waals surface area contributed by atoms with E-state index in [4.69, 9.17) is 11.6 Å². The van der Waals surface area contributed by atoms with Crippen LogP contribution in [0.4, 0.5) is 0 Å². The van der Waals surface area contributed by atoms with E-state index in [1.165, 1.54) is 0 Å². The van der Waals surface area contributed by atoms with E-state index in [1.807, 2.05) is 43.0 Å². The number of aromatic nitrogens is 2. The van der Waals surface area contributed by atoms with E-state index in [0.717, 1.165) is 39.4 Å². The predicted octanol–water partition coefficient (Wildman–Crippen LogP) is 3.36. The summed E-state index contributed by atoms with van der Waals surface area (Å²) in [6.45, 7) is 2.91. The van der Waals surface area contributed by atoms with Crippen molar-refractivity contribution >= 4 is 27.5 Å². The van der Waals surface area contributed by atoms with Crippen LogP contribution in [0.5, 0.6) is 0 Å². The number of halogens is 2. The van der Waals surface area contributed by atoms with Gasteiger partial charge in [0.25, 0.3) is 0 Å². The van der Waals surface area contributed by atoms with Gasteiger partial charge in [-0.3, -0.25) is 0 Å². The minimum atomic E-state index is 0.760. The molecule has 0 saturated heterocycles. The van der Waals surface area contributed by atoms with Crippen molar-refractivity contribution in [2.75, 3.05) is 13.6 Å². The Hall–Kier alpha value is -0.840. The maximum Gasteiger partial charge on any atom is 0.0783 e. The van der Waals surface area contributed by atoms with Crippen molar-refractivity contribution < 1.29 is 0 Å². The summed E-state index contributed by atoms with van der Waals surface area (Å²) >= 11 is 9.67. The van der Waals surface area contributed by atoms with Gasteiger partial charge in [-0.05, 0) is 47.6 Å². The van der Waals surface area contributed by atoms with Gasteiger partial charge in [0.05, 0.1) is 15.9 Å². The lowest BCUT2D eigenvalue weighted by Gasteiger charge is -2.06. The number of nitrogens with one attached hydrogen (secondary N) is 1. The molecule has 1 heterocycles. The highest BCUT2D eigenvalue weighted by atomic mass is 79.9. The molecule has 0 aliphatic rings. The second-order valence-corrected chi connectivity index (χ2v) is 5.37. The van der Waals surface area contributed by atoms with Crippen LogP contribution in [-0.4, -0.2) is 23.4 Å². The van der Waals surface area contributed by atoms with Crippen LogP contribution in [0.15, 0.2) is 28.9 Å². The first kappa shape index (κ1) is 13.6. The first-order chi connectivity index (χ1) is 8.63. The number of likely N-dealkylation sites (N-methyl/N-ethyl adjacent to an activating group) is 1. The van der Waals surface area contributed by atoms with Crippen molar-refractivity contribution in [2.24, 2.45) is 0 Å². The lowest BCUT2D eigenvalue weighted by Crippen LogP contribution is -2.11. The van der Waals surface area contributed by atoms with E-state index in [0.29, 0.717) is 0 Å². The SMILES string of the molecule is CNCCc1nn(-c2cccc(Cl)c2C)cc1Br. The predicted molar refractivity (Wildman–Crippen MR) is 78.6 cm³/mol. The molecule has 96 valence electrons. The van der Waals surface area contributed by atoms with Crippen molar-refractivity contribution in [3.05, 3.63) is 45.1 Å². The Morgan fingerprint density at radius 1 is 1.44 bits per heavy atom. The molecule has 0 atom stereocenters. The van der Waals surface area contributed by atoms with Crippen LogP contribution in [0.1, 0.15) is 11.3 Å². The maximum atomic E-state index is 6.13. The van der Waals surface area contributed by atoms with E-state index < -0.39 is 0 Å². The molecule has 0 fully saturated rings. The van der Waals surface area contributed by atoms with Gasteiger partial charge in [0.2, 0.25) is 0 Å². The third-order valence-electron chi connectivity index (χ3n) is 2.84. The van der Waals surface area contributed by atoms with E-state index in [9.17, 15) is 0 Å². The van der Waals surface area contributed by atoms with Gasteiger partial charge in [0.1, 0.15) is 0 Å². The van der Waals surface area contributed by atoms with Crippen LogP contribution in [0.2, 0.25) is 5.02 Å². The summed E-state index contributed by atoms with van der Waals surface area (Å²) in [7, 11) is 1.94. The van der Waals surface area contributed by atoms with Crippen LogP contribution in [-0.2, 0) is 6.42 Å². The minimum absolute atomic E-state index is 0.760. The molecule has 0 spiro atoms. The number of benzene rings is 1. The first-order valence-electron chi connectivity index (χ1n) is 5.77. The third-order valence-corrected chi connectivity index (χ3v) is 3.91. The molecule has 1 aromatic carbocycles. The quantitative estimate of drug-likeness (QED) is 0.932. The Morgan fingerprint density at radius 3 is 2.94 bits per heavy atom. The summed E-state index contributed by atoms with van der Waals surface area (Å²) in [5.74, 6) is 0. The Balaban J connectivity index is 2.36. The maximum absolute atomic E-state index is 6.13. The zero-order valence-electron chi connectivity index (χ0n) is 10.4. The van der Waals surface area contributed by atoms with Crippen molar-refractivity contribution in [2.45, 2.75) is 13.3 Å². The molecular weight excluding hydrogens is 314 g/mol. The van der Waals surface area contributed by atoms with Crippen molar-refractivity contribution in [1.82, 2.24) is 15.1 Å². The van der Waals surface area contributed by atoms with E-state index in [-0.39, 0.29) is 0 Å². The molecular formula is C13H15BrClN3. The molecule has 2 aromatic rings. The van der Waals surface area contributed by atoms with Crippen molar-refractivity contribution in [3.8, 4) is 5.69 Å². The van der Waals surface area contributed by atoms with Gasteiger partial charge in [0.15, 0.2) is 0 Å². The fourth-order valence-electron chi connectivity index (χ4n) is 1.77. The number of nitrogens with zero attached hydrogens (tertiary/aromatic N) is 2. The smallest absolute Gasteiger partial charge is 0.0783 e. The molecule has 0 saturated carbocycles. The van der Waals surface area contributed by atoms with E-state index in [1.54, 1.807) is 0 Å². The van der Waals surface area contributed by atoms with Gasteiger partial charge in [-0.15, -0.1) is 0 Å². The Kier molecular flexibility index (Phi) is 4.43. The fraction of sp³-hybridized carbons (Fsp3) is 0.308. The summed E-state index contributed by atoms with van der Waals surface area (Å²) in [4.78, 5) is 0. The normalized spacial score (nSPS) is 10.9. The van der Waals surface area contributed by atoms with Crippen LogP contribution in [0, 0.1) is 6.92 Å². The average molecular weight is 329 g/mol. The Bertz CT molecular complexity index is 551. The van der Waals surface area contributed by atoms with Gasteiger partial charge in [0, 0.05) is 24.2 Å². The van der Waals surface area contributed by atoms with Gasteiger partial charge in [-0.25, -0.2) is 4.68 Å². The molecule has 0 aliphatic carbocycles. The molecule has 0 radical (unpaired) electrons. The molecule has 0 amide bonds. The largest absolute Gasteiger partial charge is 0.319 e. The Labute approximate surface area is 120 Å². The van der Waals surface area contributed by atoms with Gasteiger partial charge in [-0.2, -0.15) is 5.10 Å². The average Bonchev–Trinajstić information content (AvgIpc) is 2.71. The van der Waals surface area contributed by atoms with Gasteiger partial charge < -0.3 is 5.32 Å². The molecule has 1 aromatic heterocycles. The van der Waals surface area contributed by atoms with Crippen LogP contribution < -0.4 is 5.32 Å². The van der Waals surface area contributed by atoms with Gasteiger partial charge in [-0.1, -0.05) is 17.7 Å². The summed E-state index contributed by atoms with van der Waals surface area (Å²) in [5.41, 5.74) is 3.09. The second-order valence-electron chi connectivity index (χ2n) is 4.11. The summed E-state index contributed by atoms with van der Waals surface area (Å²) in [6.07, 6.45) is 2.87. The lowest BCUT2D eigenvalue weighted by molar-refractivity contribution is 0.753. The zero-order chi connectivity index (χ0) is 13.1. The summed E-state index contributed by atoms with van der Waals surface area (Å²) < 4.78 is 2.90. The second kappa shape index (κ2) is 5.87. The number of hydrogen-bond acceptors (Lipinski definition) is 2. The highest BCUT2D eigenvalue weighted by molar-refractivity contribution is 9.10. The summed E-state index contributed by atoms with van der Waals surface area (Å²) in [5, 5.41) is 8.47. The molecule has 5 heteroatoms. The molecule has 0 unspecified atom stereocenters. The van der Waals surface area contributed by atoms with Crippen LogP contribution in [0.25, 0.3) is 5.69 Å².